The van der Waals surface area contributed by atoms with Gasteiger partial charge in [0, 0.05) is 12.1 Å². The van der Waals surface area contributed by atoms with Gasteiger partial charge in [-0.2, -0.15) is 0 Å². The second-order valence-corrected chi connectivity index (χ2v) is 7.22. The maximum atomic E-state index is 12.9. The molecular weight excluding hydrogens is 266 g/mol. The van der Waals surface area contributed by atoms with Gasteiger partial charge in [0.2, 0.25) is 0 Å². The summed E-state index contributed by atoms with van der Waals surface area (Å²) in [5, 5.41) is 2.02. The van der Waals surface area contributed by atoms with Crippen molar-refractivity contribution >= 4 is 17.2 Å². The van der Waals surface area contributed by atoms with Gasteiger partial charge in [-0.15, -0.1) is 11.3 Å². The van der Waals surface area contributed by atoms with Gasteiger partial charge in [0.05, 0.1) is 4.88 Å². The second-order valence-electron chi connectivity index (χ2n) is 6.27. The van der Waals surface area contributed by atoms with Gasteiger partial charge in [-0.3, -0.25) is 4.79 Å². The Hall–Kier alpha value is -0.830. The molecular formula is C17H25NOS. The molecule has 0 aliphatic heterocycles. The monoisotopic (exact) mass is 291 g/mol. The third kappa shape index (κ3) is 3.08. The normalized spacial score (nSPS) is 21.8. The number of nitrogens with zero attached hydrogens (tertiary/aromatic N) is 1. The summed E-state index contributed by atoms with van der Waals surface area (Å²) in [6.45, 7) is 0. The fraction of sp³-hybridized carbons (Fsp3) is 0.706. The maximum absolute atomic E-state index is 12.9. The van der Waals surface area contributed by atoms with E-state index in [0.29, 0.717) is 18.0 Å². The van der Waals surface area contributed by atoms with Crippen LogP contribution >= 0.6 is 11.3 Å². The van der Waals surface area contributed by atoms with E-state index in [0.717, 1.165) is 4.88 Å². The number of rotatable bonds is 3. The van der Waals surface area contributed by atoms with Crippen LogP contribution in [0.5, 0.6) is 0 Å². The SMILES string of the molecule is O=C(c1cccs1)N(C1CCCCC1)C1CCCCC1. The Morgan fingerprint density at radius 2 is 1.50 bits per heavy atom. The highest BCUT2D eigenvalue weighted by Crippen LogP contribution is 2.32. The molecule has 2 nitrogen and oxygen atoms in total. The van der Waals surface area contributed by atoms with Crippen molar-refractivity contribution in [2.75, 3.05) is 0 Å². The summed E-state index contributed by atoms with van der Waals surface area (Å²) in [6, 6.07) is 4.99. The van der Waals surface area contributed by atoms with E-state index in [4.69, 9.17) is 0 Å². The molecule has 0 radical (unpaired) electrons. The van der Waals surface area contributed by atoms with Gasteiger partial charge in [0.15, 0.2) is 0 Å². The Morgan fingerprint density at radius 3 is 1.95 bits per heavy atom. The maximum Gasteiger partial charge on any atom is 0.264 e. The largest absolute Gasteiger partial charge is 0.332 e. The van der Waals surface area contributed by atoms with E-state index < -0.39 is 0 Å². The first kappa shape index (κ1) is 14.1. The molecule has 1 aromatic heterocycles. The van der Waals surface area contributed by atoms with E-state index >= 15 is 0 Å². The van der Waals surface area contributed by atoms with E-state index in [1.54, 1.807) is 11.3 Å². The Labute approximate surface area is 126 Å². The zero-order valence-electron chi connectivity index (χ0n) is 12.2. The molecule has 2 fully saturated rings. The number of carbonyl (C=O) groups is 1. The van der Waals surface area contributed by atoms with Crippen LogP contribution in [0.3, 0.4) is 0 Å². The fourth-order valence-corrected chi connectivity index (χ4v) is 4.54. The highest BCUT2D eigenvalue weighted by Gasteiger charge is 2.33. The predicted octanol–water partition coefficient (Wildman–Crippen LogP) is 4.86. The van der Waals surface area contributed by atoms with Crippen molar-refractivity contribution < 1.29 is 4.79 Å². The van der Waals surface area contributed by atoms with Crippen molar-refractivity contribution in [3.63, 3.8) is 0 Å². The van der Waals surface area contributed by atoms with E-state index in [-0.39, 0.29) is 0 Å². The summed E-state index contributed by atoms with van der Waals surface area (Å²) in [4.78, 5) is 16.2. The zero-order valence-corrected chi connectivity index (χ0v) is 13.0. The topological polar surface area (TPSA) is 20.3 Å². The molecule has 0 N–H and O–H groups in total. The van der Waals surface area contributed by atoms with Crippen LogP contribution in [0.25, 0.3) is 0 Å². The van der Waals surface area contributed by atoms with Crippen LogP contribution in [0.4, 0.5) is 0 Å². The van der Waals surface area contributed by atoms with Crippen LogP contribution in [-0.4, -0.2) is 22.9 Å². The molecule has 0 atom stereocenters. The Morgan fingerprint density at radius 1 is 0.950 bits per heavy atom. The molecule has 3 heteroatoms. The molecule has 1 heterocycles. The first-order valence-electron chi connectivity index (χ1n) is 8.22. The average Bonchev–Trinajstić information content (AvgIpc) is 3.04. The summed E-state index contributed by atoms with van der Waals surface area (Å²) in [6.07, 6.45) is 12.8. The van der Waals surface area contributed by atoms with Crippen molar-refractivity contribution in [1.82, 2.24) is 4.90 Å². The lowest BCUT2D eigenvalue weighted by atomic mass is 9.88. The lowest BCUT2D eigenvalue weighted by Crippen LogP contribution is -2.48. The van der Waals surface area contributed by atoms with E-state index in [9.17, 15) is 4.79 Å². The average molecular weight is 291 g/mol. The summed E-state index contributed by atoms with van der Waals surface area (Å²) < 4.78 is 0. The minimum atomic E-state index is 0.304. The molecule has 2 aliphatic rings. The van der Waals surface area contributed by atoms with E-state index in [1.165, 1.54) is 64.2 Å². The molecule has 0 bridgehead atoms. The molecule has 0 saturated heterocycles. The number of amides is 1. The summed E-state index contributed by atoms with van der Waals surface area (Å²) in [5.74, 6) is 0.304. The van der Waals surface area contributed by atoms with Gasteiger partial charge < -0.3 is 4.90 Å². The summed E-state index contributed by atoms with van der Waals surface area (Å²) in [5.41, 5.74) is 0. The molecule has 0 unspecified atom stereocenters. The first-order valence-corrected chi connectivity index (χ1v) is 9.10. The van der Waals surface area contributed by atoms with Gasteiger partial charge in [0.25, 0.3) is 5.91 Å². The molecule has 2 saturated carbocycles. The van der Waals surface area contributed by atoms with Crippen LogP contribution in [0.1, 0.15) is 73.9 Å². The first-order chi connectivity index (χ1) is 9.86. The molecule has 2 aliphatic carbocycles. The molecule has 1 aromatic rings. The molecule has 3 rings (SSSR count). The van der Waals surface area contributed by atoms with E-state index in [2.05, 4.69) is 4.90 Å². The number of thiophene rings is 1. The van der Waals surface area contributed by atoms with Crippen molar-refractivity contribution in [3.05, 3.63) is 22.4 Å². The van der Waals surface area contributed by atoms with Crippen LogP contribution in [0, 0.1) is 0 Å². The van der Waals surface area contributed by atoms with Crippen molar-refractivity contribution in [1.29, 1.82) is 0 Å². The van der Waals surface area contributed by atoms with Gasteiger partial charge in [-0.25, -0.2) is 0 Å². The minimum absolute atomic E-state index is 0.304. The van der Waals surface area contributed by atoms with Gasteiger partial charge in [-0.05, 0) is 37.1 Å². The van der Waals surface area contributed by atoms with Crippen LogP contribution in [-0.2, 0) is 0 Å². The quantitative estimate of drug-likeness (QED) is 0.779. The highest BCUT2D eigenvalue weighted by molar-refractivity contribution is 7.12. The van der Waals surface area contributed by atoms with E-state index in [1.807, 2.05) is 17.5 Å². The lowest BCUT2D eigenvalue weighted by Gasteiger charge is -2.41. The van der Waals surface area contributed by atoms with Crippen LogP contribution in [0.2, 0.25) is 0 Å². The van der Waals surface area contributed by atoms with Crippen molar-refractivity contribution in [2.24, 2.45) is 0 Å². The molecule has 1 amide bonds. The lowest BCUT2D eigenvalue weighted by molar-refractivity contribution is 0.0453. The molecule has 0 spiro atoms. The third-order valence-electron chi connectivity index (χ3n) is 4.90. The standard InChI is InChI=1S/C17H25NOS/c19-17(16-12-7-13-20-16)18(14-8-3-1-4-9-14)15-10-5-2-6-11-15/h7,12-15H,1-6,8-11H2. The van der Waals surface area contributed by atoms with Crippen molar-refractivity contribution in [3.8, 4) is 0 Å². The molecule has 110 valence electrons. The third-order valence-corrected chi connectivity index (χ3v) is 5.76. The Bertz CT molecular complexity index is 398. The molecule has 0 aromatic carbocycles. The predicted molar refractivity (Wildman–Crippen MR) is 84.2 cm³/mol. The number of carbonyl (C=O) groups excluding carboxylic acids is 1. The fourth-order valence-electron chi connectivity index (χ4n) is 3.88. The minimum Gasteiger partial charge on any atom is -0.332 e. The highest BCUT2D eigenvalue weighted by atomic mass is 32.1. The van der Waals surface area contributed by atoms with Gasteiger partial charge in [0.1, 0.15) is 0 Å². The Balaban J connectivity index is 1.79. The summed E-state index contributed by atoms with van der Waals surface area (Å²) in [7, 11) is 0. The zero-order chi connectivity index (χ0) is 13.8. The second kappa shape index (κ2) is 6.75. The van der Waals surface area contributed by atoms with Crippen LogP contribution in [0.15, 0.2) is 17.5 Å². The van der Waals surface area contributed by atoms with Crippen molar-refractivity contribution in [2.45, 2.75) is 76.3 Å². The Kier molecular flexibility index (Phi) is 4.77. The number of hydrogen-bond donors (Lipinski definition) is 0. The molecule has 20 heavy (non-hydrogen) atoms. The smallest absolute Gasteiger partial charge is 0.264 e. The van der Waals surface area contributed by atoms with Crippen LogP contribution < -0.4 is 0 Å². The van der Waals surface area contributed by atoms with Gasteiger partial charge >= 0.3 is 0 Å². The van der Waals surface area contributed by atoms with Gasteiger partial charge in [-0.1, -0.05) is 44.6 Å². The number of hydrogen-bond acceptors (Lipinski definition) is 2. The summed E-state index contributed by atoms with van der Waals surface area (Å²) >= 11 is 1.60.